The van der Waals surface area contributed by atoms with Crippen molar-refractivity contribution in [2.75, 3.05) is 11.9 Å². The number of hydrogen-bond acceptors (Lipinski definition) is 4. The number of carbonyl (C=O) groups excluding carboxylic acids is 1. The van der Waals surface area contributed by atoms with Crippen molar-refractivity contribution in [3.05, 3.63) is 40.7 Å². The first-order valence-corrected chi connectivity index (χ1v) is 7.11. The minimum atomic E-state index is -0.176. The molecule has 0 fully saturated rings. The summed E-state index contributed by atoms with van der Waals surface area (Å²) < 4.78 is 1.51. The number of aromatic nitrogens is 3. The summed E-state index contributed by atoms with van der Waals surface area (Å²) >= 11 is 6.02. The van der Waals surface area contributed by atoms with Gasteiger partial charge in [-0.2, -0.15) is 0 Å². The molecule has 3 N–H and O–H groups in total. The zero-order chi connectivity index (χ0) is 15.2. The standard InChI is InChI=1S/C14H18ClN5O/c1-10-4-5-11(7-13(10)15)17-14(21)9-20-8-12(18-19-20)3-2-6-16/h4-5,7-8H,2-3,6,9,16H2,1H3,(H,17,21). The van der Waals surface area contributed by atoms with Crippen molar-refractivity contribution < 1.29 is 4.79 Å². The van der Waals surface area contributed by atoms with Crippen molar-refractivity contribution in [1.29, 1.82) is 0 Å². The quantitative estimate of drug-likeness (QED) is 0.851. The fraction of sp³-hybridized carbons (Fsp3) is 0.357. The molecule has 21 heavy (non-hydrogen) atoms. The van der Waals surface area contributed by atoms with Crippen molar-refractivity contribution >= 4 is 23.2 Å². The van der Waals surface area contributed by atoms with Crippen molar-refractivity contribution in [2.24, 2.45) is 5.73 Å². The third-order valence-corrected chi connectivity index (χ3v) is 3.39. The van der Waals surface area contributed by atoms with E-state index in [1.807, 2.05) is 19.1 Å². The lowest BCUT2D eigenvalue weighted by Crippen LogP contribution is -2.19. The molecule has 1 heterocycles. The van der Waals surface area contributed by atoms with Crippen LogP contribution in [0, 0.1) is 6.92 Å². The molecule has 0 spiro atoms. The number of carbonyl (C=O) groups is 1. The highest BCUT2D eigenvalue weighted by Crippen LogP contribution is 2.19. The van der Waals surface area contributed by atoms with Crippen LogP contribution in [0.15, 0.2) is 24.4 Å². The van der Waals surface area contributed by atoms with Crippen LogP contribution in [0.25, 0.3) is 0 Å². The Labute approximate surface area is 128 Å². The van der Waals surface area contributed by atoms with Gasteiger partial charge in [-0.3, -0.25) is 4.79 Å². The van der Waals surface area contributed by atoms with E-state index in [2.05, 4.69) is 15.6 Å². The Hall–Kier alpha value is -1.92. The Kier molecular flexibility index (Phi) is 5.30. The highest BCUT2D eigenvalue weighted by Gasteiger charge is 2.07. The van der Waals surface area contributed by atoms with E-state index in [1.54, 1.807) is 12.3 Å². The van der Waals surface area contributed by atoms with Gasteiger partial charge < -0.3 is 11.1 Å². The summed E-state index contributed by atoms with van der Waals surface area (Å²) in [4.78, 5) is 11.9. The number of rotatable bonds is 6. The van der Waals surface area contributed by atoms with Gasteiger partial charge >= 0.3 is 0 Å². The van der Waals surface area contributed by atoms with Gasteiger partial charge in [0.05, 0.1) is 5.69 Å². The molecular weight excluding hydrogens is 290 g/mol. The van der Waals surface area contributed by atoms with Gasteiger partial charge in [-0.25, -0.2) is 4.68 Å². The van der Waals surface area contributed by atoms with Crippen molar-refractivity contribution in [3.63, 3.8) is 0 Å². The van der Waals surface area contributed by atoms with E-state index < -0.39 is 0 Å². The Bertz CT molecular complexity index is 626. The van der Waals surface area contributed by atoms with Gasteiger partial charge in [0.2, 0.25) is 5.91 Å². The Morgan fingerprint density at radius 2 is 2.29 bits per heavy atom. The lowest BCUT2D eigenvalue weighted by molar-refractivity contribution is -0.116. The van der Waals surface area contributed by atoms with E-state index >= 15 is 0 Å². The molecule has 112 valence electrons. The number of hydrogen-bond donors (Lipinski definition) is 2. The normalized spacial score (nSPS) is 10.6. The summed E-state index contributed by atoms with van der Waals surface area (Å²) in [7, 11) is 0. The zero-order valence-corrected chi connectivity index (χ0v) is 12.6. The number of benzene rings is 1. The van der Waals surface area contributed by atoms with Crippen LogP contribution in [0.5, 0.6) is 0 Å². The van der Waals surface area contributed by atoms with E-state index in [1.165, 1.54) is 4.68 Å². The second kappa shape index (κ2) is 7.19. The Morgan fingerprint density at radius 3 is 3.00 bits per heavy atom. The molecule has 0 aliphatic rings. The second-order valence-electron chi connectivity index (χ2n) is 4.81. The second-order valence-corrected chi connectivity index (χ2v) is 5.22. The third kappa shape index (κ3) is 4.54. The largest absolute Gasteiger partial charge is 0.330 e. The number of nitrogens with one attached hydrogen (secondary N) is 1. The molecule has 1 aromatic carbocycles. The lowest BCUT2D eigenvalue weighted by Gasteiger charge is -2.06. The predicted octanol–water partition coefficient (Wildman–Crippen LogP) is 1.77. The van der Waals surface area contributed by atoms with E-state index in [0.717, 1.165) is 24.1 Å². The topological polar surface area (TPSA) is 85.8 Å². The molecule has 0 radical (unpaired) electrons. The van der Waals surface area contributed by atoms with Crippen LogP contribution in [-0.2, 0) is 17.8 Å². The number of nitrogens with two attached hydrogens (primary N) is 1. The van der Waals surface area contributed by atoms with E-state index in [4.69, 9.17) is 17.3 Å². The van der Waals surface area contributed by atoms with Gasteiger partial charge in [0, 0.05) is 16.9 Å². The highest BCUT2D eigenvalue weighted by molar-refractivity contribution is 6.31. The smallest absolute Gasteiger partial charge is 0.246 e. The maximum Gasteiger partial charge on any atom is 0.246 e. The summed E-state index contributed by atoms with van der Waals surface area (Å²) in [6.07, 6.45) is 3.38. The molecular formula is C14H18ClN5O. The van der Waals surface area contributed by atoms with Gasteiger partial charge in [0.15, 0.2) is 0 Å². The molecule has 0 atom stereocenters. The fourth-order valence-corrected chi connectivity index (χ4v) is 2.01. The van der Waals surface area contributed by atoms with Gasteiger partial charge in [-0.1, -0.05) is 22.9 Å². The monoisotopic (exact) mass is 307 g/mol. The molecule has 2 rings (SSSR count). The van der Waals surface area contributed by atoms with Crippen LogP contribution >= 0.6 is 11.6 Å². The zero-order valence-electron chi connectivity index (χ0n) is 11.8. The lowest BCUT2D eigenvalue weighted by atomic mass is 10.2. The van der Waals surface area contributed by atoms with Crippen molar-refractivity contribution in [3.8, 4) is 0 Å². The van der Waals surface area contributed by atoms with E-state index in [0.29, 0.717) is 17.3 Å². The number of aryl methyl sites for hydroxylation is 2. The summed E-state index contributed by atoms with van der Waals surface area (Å²) in [5.41, 5.74) is 7.92. The maximum atomic E-state index is 11.9. The molecule has 1 aromatic heterocycles. The summed E-state index contributed by atoms with van der Waals surface area (Å²) in [5, 5.41) is 11.3. The van der Waals surface area contributed by atoms with Crippen LogP contribution in [-0.4, -0.2) is 27.4 Å². The molecule has 0 unspecified atom stereocenters. The predicted molar refractivity (Wildman–Crippen MR) is 82.2 cm³/mol. The van der Waals surface area contributed by atoms with Crippen LogP contribution in [0.3, 0.4) is 0 Å². The summed E-state index contributed by atoms with van der Waals surface area (Å²) in [6.45, 7) is 2.63. The maximum absolute atomic E-state index is 11.9. The molecule has 1 amide bonds. The van der Waals surface area contributed by atoms with Crippen molar-refractivity contribution in [1.82, 2.24) is 15.0 Å². The minimum absolute atomic E-state index is 0.112. The average Bonchev–Trinajstić information content (AvgIpc) is 2.88. The van der Waals surface area contributed by atoms with Crippen LogP contribution < -0.4 is 11.1 Å². The van der Waals surface area contributed by atoms with Crippen LogP contribution in [0.1, 0.15) is 17.7 Å². The molecule has 0 saturated heterocycles. The van der Waals surface area contributed by atoms with Gasteiger partial charge in [-0.05, 0) is 44.0 Å². The van der Waals surface area contributed by atoms with E-state index in [9.17, 15) is 4.79 Å². The average molecular weight is 308 g/mol. The summed E-state index contributed by atoms with van der Waals surface area (Å²) in [6, 6.07) is 5.40. The summed E-state index contributed by atoms with van der Waals surface area (Å²) in [5.74, 6) is -0.176. The molecule has 2 aromatic rings. The number of halogens is 1. The number of nitrogens with zero attached hydrogens (tertiary/aromatic N) is 3. The molecule has 0 bridgehead atoms. The molecule has 0 aliphatic heterocycles. The SMILES string of the molecule is Cc1ccc(NC(=O)Cn2cc(CCCN)nn2)cc1Cl. The minimum Gasteiger partial charge on any atom is -0.330 e. The van der Waals surface area contributed by atoms with Crippen LogP contribution in [0.4, 0.5) is 5.69 Å². The molecule has 0 saturated carbocycles. The van der Waals surface area contributed by atoms with Crippen LogP contribution in [0.2, 0.25) is 5.02 Å². The van der Waals surface area contributed by atoms with Gasteiger partial charge in [0.1, 0.15) is 6.54 Å². The highest BCUT2D eigenvalue weighted by atomic mass is 35.5. The first-order valence-electron chi connectivity index (χ1n) is 6.73. The van der Waals surface area contributed by atoms with Crippen molar-refractivity contribution in [2.45, 2.75) is 26.3 Å². The number of amides is 1. The molecule has 7 heteroatoms. The van der Waals surface area contributed by atoms with E-state index in [-0.39, 0.29) is 12.5 Å². The van der Waals surface area contributed by atoms with Gasteiger partial charge in [-0.15, -0.1) is 5.10 Å². The van der Waals surface area contributed by atoms with Gasteiger partial charge in [0.25, 0.3) is 0 Å². The number of anilines is 1. The molecule has 0 aliphatic carbocycles. The molecule has 6 nitrogen and oxygen atoms in total. The Morgan fingerprint density at radius 1 is 1.48 bits per heavy atom. The first kappa shape index (κ1) is 15.5. The fourth-order valence-electron chi connectivity index (χ4n) is 1.83. The Balaban J connectivity index is 1.91. The first-order chi connectivity index (χ1) is 10.1. The third-order valence-electron chi connectivity index (χ3n) is 2.98.